The van der Waals surface area contributed by atoms with Crippen molar-refractivity contribution in [2.24, 2.45) is 5.92 Å². The lowest BCUT2D eigenvalue weighted by Crippen LogP contribution is -2.27. The van der Waals surface area contributed by atoms with E-state index in [9.17, 15) is 4.79 Å². The monoisotopic (exact) mass is 258 g/mol. The molecule has 4 heteroatoms. The van der Waals surface area contributed by atoms with Crippen molar-refractivity contribution in [1.82, 2.24) is 0 Å². The Morgan fingerprint density at radius 1 is 1.39 bits per heavy atom. The van der Waals surface area contributed by atoms with Gasteiger partial charge in [0.2, 0.25) is 0 Å². The maximum Gasteiger partial charge on any atom is 0.306 e. The van der Waals surface area contributed by atoms with Crippen LogP contribution >= 0.6 is 0 Å². The molecule has 0 aromatic carbocycles. The van der Waals surface area contributed by atoms with Crippen LogP contribution in [0.15, 0.2) is 0 Å². The smallest absolute Gasteiger partial charge is 0.306 e. The van der Waals surface area contributed by atoms with Gasteiger partial charge >= 0.3 is 5.97 Å². The Labute approximate surface area is 110 Å². The van der Waals surface area contributed by atoms with E-state index in [0.717, 1.165) is 25.9 Å². The molecule has 0 aliphatic carbocycles. The number of carbonyl (C=O) groups excluding carboxylic acids is 1. The average molecular weight is 258 g/mol. The summed E-state index contributed by atoms with van der Waals surface area (Å²) in [6, 6.07) is 0. The molecule has 1 aliphatic heterocycles. The van der Waals surface area contributed by atoms with E-state index in [-0.39, 0.29) is 24.3 Å². The second-order valence-corrected chi connectivity index (χ2v) is 5.09. The molecule has 18 heavy (non-hydrogen) atoms. The number of rotatable bonds is 7. The highest BCUT2D eigenvalue weighted by Crippen LogP contribution is 2.19. The predicted molar refractivity (Wildman–Crippen MR) is 69.2 cm³/mol. The molecule has 0 aromatic rings. The van der Waals surface area contributed by atoms with Gasteiger partial charge in [-0.2, -0.15) is 0 Å². The van der Waals surface area contributed by atoms with Crippen LogP contribution in [0.2, 0.25) is 0 Å². The third-order valence-electron chi connectivity index (χ3n) is 3.08. The molecular weight excluding hydrogens is 232 g/mol. The van der Waals surface area contributed by atoms with Crippen LogP contribution in [0.3, 0.4) is 0 Å². The van der Waals surface area contributed by atoms with Gasteiger partial charge in [-0.1, -0.05) is 6.92 Å². The minimum absolute atomic E-state index is 0.0523. The first kappa shape index (κ1) is 15.4. The van der Waals surface area contributed by atoms with Gasteiger partial charge in [0.05, 0.1) is 12.7 Å². The Morgan fingerprint density at radius 2 is 2.17 bits per heavy atom. The quantitative estimate of drug-likeness (QED) is 0.659. The van der Waals surface area contributed by atoms with Crippen molar-refractivity contribution in [2.75, 3.05) is 13.2 Å². The van der Waals surface area contributed by atoms with E-state index in [1.807, 2.05) is 13.8 Å². The summed E-state index contributed by atoms with van der Waals surface area (Å²) in [4.78, 5) is 11.3. The summed E-state index contributed by atoms with van der Waals surface area (Å²) in [5.41, 5.74) is 0. The zero-order valence-electron chi connectivity index (χ0n) is 11.8. The van der Waals surface area contributed by atoms with Gasteiger partial charge in [0, 0.05) is 13.0 Å². The lowest BCUT2D eigenvalue weighted by Gasteiger charge is -2.27. The Bertz CT molecular complexity index is 236. The molecule has 1 rings (SSSR count). The van der Waals surface area contributed by atoms with Crippen LogP contribution in [0.25, 0.3) is 0 Å². The molecular formula is C14H26O4. The average Bonchev–Trinajstić information content (AvgIpc) is 2.29. The molecule has 3 atom stereocenters. The van der Waals surface area contributed by atoms with Crippen molar-refractivity contribution in [2.45, 2.75) is 65.3 Å². The highest BCUT2D eigenvalue weighted by Gasteiger charge is 2.19. The lowest BCUT2D eigenvalue weighted by atomic mass is 10.0. The number of ether oxygens (including phenoxy) is 3. The van der Waals surface area contributed by atoms with Crippen molar-refractivity contribution in [3.05, 3.63) is 0 Å². The second-order valence-electron chi connectivity index (χ2n) is 5.09. The molecule has 0 bridgehead atoms. The van der Waals surface area contributed by atoms with Gasteiger partial charge in [-0.15, -0.1) is 0 Å². The molecule has 0 aromatic heterocycles. The third-order valence-corrected chi connectivity index (χ3v) is 3.08. The van der Waals surface area contributed by atoms with Gasteiger partial charge < -0.3 is 14.2 Å². The molecule has 0 N–H and O–H groups in total. The van der Waals surface area contributed by atoms with Crippen molar-refractivity contribution in [1.29, 1.82) is 0 Å². The van der Waals surface area contributed by atoms with Gasteiger partial charge in [0.25, 0.3) is 0 Å². The number of hydrogen-bond acceptors (Lipinski definition) is 4. The first-order chi connectivity index (χ1) is 8.61. The predicted octanol–water partition coefficient (Wildman–Crippen LogP) is 2.90. The van der Waals surface area contributed by atoms with Gasteiger partial charge in [-0.3, -0.25) is 4.79 Å². The van der Waals surface area contributed by atoms with Crippen molar-refractivity contribution in [3.8, 4) is 0 Å². The van der Waals surface area contributed by atoms with E-state index >= 15 is 0 Å². The van der Waals surface area contributed by atoms with E-state index in [4.69, 9.17) is 14.2 Å². The van der Waals surface area contributed by atoms with E-state index in [1.54, 1.807) is 0 Å². The van der Waals surface area contributed by atoms with Crippen LogP contribution in [0.5, 0.6) is 0 Å². The second kappa shape index (κ2) is 8.48. The van der Waals surface area contributed by atoms with Crippen molar-refractivity contribution in [3.63, 3.8) is 0 Å². The van der Waals surface area contributed by atoms with Crippen LogP contribution in [0.4, 0.5) is 0 Å². The summed E-state index contributed by atoms with van der Waals surface area (Å²) < 4.78 is 16.3. The summed E-state index contributed by atoms with van der Waals surface area (Å²) >= 11 is 0. The first-order valence-electron chi connectivity index (χ1n) is 7.04. The molecule has 1 saturated heterocycles. The Balaban J connectivity index is 2.17. The fraction of sp³-hybridized carbons (Fsp3) is 0.929. The van der Waals surface area contributed by atoms with Gasteiger partial charge in [0.1, 0.15) is 0 Å². The molecule has 1 fully saturated rings. The fourth-order valence-electron chi connectivity index (χ4n) is 2.29. The topological polar surface area (TPSA) is 44.8 Å². The standard InChI is InChI=1S/C14H26O4/c1-4-16-13(15)10-11(2)9-12(3)18-14-7-5-6-8-17-14/h11-12,14H,4-10H2,1-3H3/t11?,12-,14?/m0/s1. The zero-order chi connectivity index (χ0) is 13.4. The highest BCUT2D eigenvalue weighted by molar-refractivity contribution is 5.69. The molecule has 1 aliphatic rings. The Kier molecular flexibility index (Phi) is 7.28. The molecule has 106 valence electrons. The van der Waals surface area contributed by atoms with E-state index in [1.165, 1.54) is 6.42 Å². The molecule has 0 amide bonds. The van der Waals surface area contributed by atoms with Crippen LogP contribution in [0, 0.1) is 5.92 Å². The van der Waals surface area contributed by atoms with Crippen LogP contribution in [-0.4, -0.2) is 31.6 Å². The van der Waals surface area contributed by atoms with Crippen LogP contribution in [-0.2, 0) is 19.0 Å². The lowest BCUT2D eigenvalue weighted by molar-refractivity contribution is -0.187. The first-order valence-corrected chi connectivity index (χ1v) is 7.04. The maximum atomic E-state index is 11.3. The number of carbonyl (C=O) groups is 1. The molecule has 1 heterocycles. The largest absolute Gasteiger partial charge is 0.466 e. The third kappa shape index (κ3) is 6.36. The highest BCUT2D eigenvalue weighted by atomic mass is 16.7. The summed E-state index contributed by atoms with van der Waals surface area (Å²) in [5, 5.41) is 0. The number of hydrogen-bond donors (Lipinski definition) is 0. The van der Waals surface area contributed by atoms with Crippen molar-refractivity contribution < 1.29 is 19.0 Å². The van der Waals surface area contributed by atoms with Crippen molar-refractivity contribution >= 4 is 5.97 Å². The molecule has 0 radical (unpaired) electrons. The van der Waals surface area contributed by atoms with Crippen LogP contribution < -0.4 is 0 Å². The van der Waals surface area contributed by atoms with E-state index in [0.29, 0.717) is 13.0 Å². The molecule has 0 spiro atoms. The fourth-order valence-corrected chi connectivity index (χ4v) is 2.29. The number of esters is 1. The SMILES string of the molecule is CCOC(=O)CC(C)C[C@H](C)OC1CCCCO1. The van der Waals surface area contributed by atoms with Crippen LogP contribution in [0.1, 0.15) is 52.9 Å². The minimum atomic E-state index is -0.119. The maximum absolute atomic E-state index is 11.3. The van der Waals surface area contributed by atoms with Gasteiger partial charge in [-0.05, 0) is 45.4 Å². The molecule has 4 nitrogen and oxygen atoms in total. The normalized spacial score (nSPS) is 23.4. The summed E-state index contributed by atoms with van der Waals surface area (Å²) in [6.45, 7) is 7.18. The van der Waals surface area contributed by atoms with E-state index < -0.39 is 0 Å². The zero-order valence-corrected chi connectivity index (χ0v) is 11.8. The Morgan fingerprint density at radius 3 is 2.78 bits per heavy atom. The van der Waals surface area contributed by atoms with E-state index in [2.05, 4.69) is 6.92 Å². The summed E-state index contributed by atoms with van der Waals surface area (Å²) in [7, 11) is 0. The minimum Gasteiger partial charge on any atom is -0.466 e. The molecule has 0 saturated carbocycles. The molecule has 2 unspecified atom stereocenters. The summed E-state index contributed by atoms with van der Waals surface area (Å²) in [5.74, 6) is 0.161. The Hall–Kier alpha value is -0.610. The van der Waals surface area contributed by atoms with Gasteiger partial charge in [-0.25, -0.2) is 0 Å². The summed E-state index contributed by atoms with van der Waals surface area (Å²) in [6.07, 6.45) is 4.69. The van der Waals surface area contributed by atoms with Gasteiger partial charge in [0.15, 0.2) is 6.29 Å².